The molecule has 0 aromatic heterocycles. The van der Waals surface area contributed by atoms with Crippen molar-refractivity contribution < 1.29 is 9.84 Å². The Hall–Kier alpha value is -2.00. The molecular formula is C20H27NO2. The minimum absolute atomic E-state index is 0.247. The van der Waals surface area contributed by atoms with Crippen LogP contribution in [0.4, 0.5) is 0 Å². The first kappa shape index (κ1) is 17.4. The standard InChI is InChI=1S/C16H18O2.C4H9N/c17-15-10-6-11-16(13-15)18-12-5-4-9-14-7-2-1-3-8-14;1-5-4-2-3-4/h1-3,6-8,10-11,13,17H,4-5,9,12H2;4-5H,2-3H2,1H3. The van der Waals surface area contributed by atoms with Crippen LogP contribution in [0.5, 0.6) is 11.5 Å². The van der Waals surface area contributed by atoms with Gasteiger partial charge in [-0.25, -0.2) is 0 Å². The molecule has 2 aromatic rings. The van der Waals surface area contributed by atoms with Crippen molar-refractivity contribution in [3.05, 3.63) is 60.2 Å². The fourth-order valence-corrected chi connectivity index (χ4v) is 2.21. The highest BCUT2D eigenvalue weighted by Gasteiger charge is 2.17. The van der Waals surface area contributed by atoms with Crippen LogP contribution in [0, 0.1) is 0 Å². The summed E-state index contributed by atoms with van der Waals surface area (Å²) in [6.07, 6.45) is 6.02. The van der Waals surface area contributed by atoms with E-state index in [2.05, 4.69) is 29.6 Å². The monoisotopic (exact) mass is 313 g/mol. The zero-order chi connectivity index (χ0) is 16.3. The second-order valence-electron chi connectivity index (χ2n) is 5.85. The maximum atomic E-state index is 9.28. The number of nitrogens with one attached hydrogen (secondary N) is 1. The maximum Gasteiger partial charge on any atom is 0.122 e. The van der Waals surface area contributed by atoms with Crippen molar-refractivity contribution in [2.75, 3.05) is 13.7 Å². The molecule has 3 nitrogen and oxygen atoms in total. The van der Waals surface area contributed by atoms with Gasteiger partial charge in [0.1, 0.15) is 11.5 Å². The van der Waals surface area contributed by atoms with Gasteiger partial charge in [-0.2, -0.15) is 0 Å². The van der Waals surface area contributed by atoms with Crippen molar-refractivity contribution in [2.24, 2.45) is 0 Å². The van der Waals surface area contributed by atoms with E-state index in [0.717, 1.165) is 31.1 Å². The number of hydrogen-bond donors (Lipinski definition) is 2. The van der Waals surface area contributed by atoms with Crippen LogP contribution in [0.2, 0.25) is 0 Å². The molecule has 0 bridgehead atoms. The highest BCUT2D eigenvalue weighted by atomic mass is 16.5. The van der Waals surface area contributed by atoms with Crippen molar-refractivity contribution >= 4 is 0 Å². The molecule has 1 aliphatic carbocycles. The Balaban J connectivity index is 0.000000326. The number of ether oxygens (including phenoxy) is 1. The van der Waals surface area contributed by atoms with Gasteiger partial charge in [0.15, 0.2) is 0 Å². The van der Waals surface area contributed by atoms with Crippen LogP contribution in [0.3, 0.4) is 0 Å². The van der Waals surface area contributed by atoms with E-state index in [-0.39, 0.29) is 5.75 Å². The molecule has 2 aromatic carbocycles. The summed E-state index contributed by atoms with van der Waals surface area (Å²) in [5, 5.41) is 12.4. The number of phenols is 1. The lowest BCUT2D eigenvalue weighted by molar-refractivity contribution is 0.305. The van der Waals surface area contributed by atoms with Gasteiger partial charge in [-0.3, -0.25) is 0 Å². The second kappa shape index (κ2) is 9.90. The Bertz CT molecular complexity index is 553. The predicted octanol–water partition coefficient (Wildman–Crippen LogP) is 4.16. The van der Waals surface area contributed by atoms with Crippen LogP contribution in [0.25, 0.3) is 0 Å². The lowest BCUT2D eigenvalue weighted by Gasteiger charge is -2.06. The van der Waals surface area contributed by atoms with E-state index in [4.69, 9.17) is 4.74 Å². The highest BCUT2D eigenvalue weighted by molar-refractivity contribution is 5.31. The van der Waals surface area contributed by atoms with Gasteiger partial charge in [0.2, 0.25) is 0 Å². The molecule has 0 atom stereocenters. The molecule has 1 fully saturated rings. The molecule has 124 valence electrons. The van der Waals surface area contributed by atoms with Crippen LogP contribution in [0.1, 0.15) is 31.2 Å². The number of aryl methyl sites for hydroxylation is 1. The number of unbranched alkanes of at least 4 members (excludes halogenated alkanes) is 1. The first-order chi connectivity index (χ1) is 11.3. The maximum absolute atomic E-state index is 9.28. The van der Waals surface area contributed by atoms with E-state index in [1.54, 1.807) is 18.2 Å². The van der Waals surface area contributed by atoms with Gasteiger partial charge in [0, 0.05) is 12.1 Å². The molecule has 1 aliphatic rings. The topological polar surface area (TPSA) is 41.5 Å². The summed E-state index contributed by atoms with van der Waals surface area (Å²) in [5.41, 5.74) is 1.37. The first-order valence-corrected chi connectivity index (χ1v) is 8.41. The number of phenolic OH excluding ortho intramolecular Hbond substituents is 1. The molecule has 0 unspecified atom stereocenters. The molecule has 0 aliphatic heterocycles. The molecule has 0 heterocycles. The van der Waals surface area contributed by atoms with Crippen LogP contribution >= 0.6 is 0 Å². The molecule has 0 amide bonds. The minimum Gasteiger partial charge on any atom is -0.508 e. The second-order valence-corrected chi connectivity index (χ2v) is 5.85. The van der Waals surface area contributed by atoms with E-state index in [1.165, 1.54) is 18.4 Å². The van der Waals surface area contributed by atoms with Crippen LogP contribution in [-0.2, 0) is 6.42 Å². The number of benzene rings is 2. The zero-order valence-electron chi connectivity index (χ0n) is 13.9. The molecule has 0 saturated heterocycles. The molecule has 3 rings (SSSR count). The van der Waals surface area contributed by atoms with Gasteiger partial charge in [0.25, 0.3) is 0 Å². The first-order valence-electron chi connectivity index (χ1n) is 8.41. The van der Waals surface area contributed by atoms with Crippen molar-refractivity contribution in [2.45, 2.75) is 38.1 Å². The third-order valence-corrected chi connectivity index (χ3v) is 3.77. The van der Waals surface area contributed by atoms with E-state index >= 15 is 0 Å². The fraction of sp³-hybridized carbons (Fsp3) is 0.400. The SMILES string of the molecule is CNC1CC1.Oc1cccc(OCCCCc2ccccc2)c1. The van der Waals surface area contributed by atoms with Crippen LogP contribution in [-0.4, -0.2) is 24.8 Å². The highest BCUT2D eigenvalue weighted by Crippen LogP contribution is 2.18. The van der Waals surface area contributed by atoms with Gasteiger partial charge >= 0.3 is 0 Å². The number of aromatic hydroxyl groups is 1. The minimum atomic E-state index is 0.247. The molecule has 0 spiro atoms. The average Bonchev–Trinajstić information content (AvgIpc) is 3.41. The van der Waals surface area contributed by atoms with E-state index in [0.29, 0.717) is 6.61 Å². The summed E-state index contributed by atoms with van der Waals surface area (Å²) in [5.74, 6) is 0.978. The summed E-state index contributed by atoms with van der Waals surface area (Å²) in [4.78, 5) is 0. The van der Waals surface area contributed by atoms with Crippen molar-refractivity contribution in [1.29, 1.82) is 0 Å². The van der Waals surface area contributed by atoms with E-state index in [9.17, 15) is 5.11 Å². The third kappa shape index (κ3) is 7.71. The lowest BCUT2D eigenvalue weighted by atomic mass is 10.1. The Morgan fingerprint density at radius 3 is 2.43 bits per heavy atom. The Morgan fingerprint density at radius 2 is 1.83 bits per heavy atom. The smallest absolute Gasteiger partial charge is 0.122 e. The number of rotatable bonds is 7. The summed E-state index contributed by atoms with van der Waals surface area (Å²) < 4.78 is 5.56. The van der Waals surface area contributed by atoms with Gasteiger partial charge in [-0.1, -0.05) is 36.4 Å². The van der Waals surface area contributed by atoms with E-state index in [1.807, 2.05) is 19.2 Å². The summed E-state index contributed by atoms with van der Waals surface area (Å²) in [7, 11) is 2.01. The summed E-state index contributed by atoms with van der Waals surface area (Å²) in [6, 6.07) is 18.3. The number of hydrogen-bond acceptors (Lipinski definition) is 3. The van der Waals surface area contributed by atoms with Gasteiger partial charge < -0.3 is 15.2 Å². The Kier molecular flexibility index (Phi) is 7.47. The van der Waals surface area contributed by atoms with Gasteiger partial charge in [-0.15, -0.1) is 0 Å². The average molecular weight is 313 g/mol. The molecule has 1 saturated carbocycles. The lowest BCUT2D eigenvalue weighted by Crippen LogP contribution is -2.06. The van der Waals surface area contributed by atoms with Crippen molar-refractivity contribution in [1.82, 2.24) is 5.32 Å². The Morgan fingerprint density at radius 1 is 1.04 bits per heavy atom. The predicted molar refractivity (Wildman–Crippen MR) is 95.1 cm³/mol. The molecule has 3 heteroatoms. The molecule has 2 N–H and O–H groups in total. The normalized spacial score (nSPS) is 13.1. The Labute approximate surface area is 139 Å². The van der Waals surface area contributed by atoms with Crippen LogP contribution < -0.4 is 10.1 Å². The summed E-state index contributed by atoms with van der Waals surface area (Å²) in [6.45, 7) is 0.691. The molecular weight excluding hydrogens is 286 g/mol. The van der Waals surface area contributed by atoms with Gasteiger partial charge in [-0.05, 0) is 56.8 Å². The van der Waals surface area contributed by atoms with Crippen molar-refractivity contribution in [3.63, 3.8) is 0 Å². The molecule has 23 heavy (non-hydrogen) atoms. The quantitative estimate of drug-likeness (QED) is 0.754. The summed E-state index contributed by atoms with van der Waals surface area (Å²) >= 11 is 0. The van der Waals surface area contributed by atoms with E-state index < -0.39 is 0 Å². The largest absolute Gasteiger partial charge is 0.508 e. The van der Waals surface area contributed by atoms with Gasteiger partial charge in [0.05, 0.1) is 6.61 Å². The van der Waals surface area contributed by atoms with Crippen molar-refractivity contribution in [3.8, 4) is 11.5 Å². The third-order valence-electron chi connectivity index (χ3n) is 3.77. The fourth-order valence-electron chi connectivity index (χ4n) is 2.21. The zero-order valence-corrected chi connectivity index (χ0v) is 13.9. The van der Waals surface area contributed by atoms with Crippen LogP contribution in [0.15, 0.2) is 54.6 Å². The molecule has 0 radical (unpaired) electrons.